The largest absolute Gasteiger partial charge is 0.394 e. The lowest BCUT2D eigenvalue weighted by Crippen LogP contribution is -2.48. The van der Waals surface area contributed by atoms with Gasteiger partial charge in [0.1, 0.15) is 0 Å². The molecule has 1 fully saturated rings. The number of ether oxygens (including phenoxy) is 1. The van der Waals surface area contributed by atoms with E-state index in [1.165, 1.54) is 0 Å². The number of rotatable bonds is 6. The molecule has 43 heavy (non-hydrogen) atoms. The Bertz CT molecular complexity index is 1580. The van der Waals surface area contributed by atoms with Crippen molar-refractivity contribution in [2.24, 2.45) is 5.92 Å². The van der Waals surface area contributed by atoms with Crippen LogP contribution in [0.3, 0.4) is 0 Å². The second-order valence-corrected chi connectivity index (χ2v) is 18.4. The third-order valence-electron chi connectivity index (χ3n) is 9.41. The maximum Gasteiger partial charge on any atom is 0.264 e. The first kappa shape index (κ1) is 30.9. The molecule has 0 radical (unpaired) electrons. The number of carbonyl (C=O) groups is 2. The summed E-state index contributed by atoms with van der Waals surface area (Å²) in [5.41, 5.74) is 2.62. The topological polar surface area (TPSA) is 70.1 Å². The van der Waals surface area contributed by atoms with Crippen LogP contribution in [0.1, 0.15) is 35.6 Å². The van der Waals surface area contributed by atoms with Crippen LogP contribution < -0.4 is 4.90 Å². The summed E-state index contributed by atoms with van der Waals surface area (Å²) in [5.74, 6) is -0.902. The Morgan fingerprint density at radius 2 is 1.88 bits per heavy atom. The van der Waals surface area contributed by atoms with E-state index in [9.17, 15) is 14.7 Å². The quantitative estimate of drug-likeness (QED) is 0.172. The molecule has 6 rings (SSSR count). The standard InChI is InChI=1S/C33H35BrFIN2O4Si/c1-20-31(43(2,3)35)29(16-30(40)37-18-23-9-5-4-8-22(23)14-26(37)19-39)42-33(20)27-15-24(34)11-12-28(27)38(32(33)41)17-21-7-6-10-25(36)13-21/h4-13,15,20,26,29,31,39H,14,16-19H2,1-3H3/t20-,26-,29+,31-,33+/m0/s1. The fourth-order valence-electron chi connectivity index (χ4n) is 7.53. The summed E-state index contributed by atoms with van der Waals surface area (Å²) >= 11 is 5.85. The van der Waals surface area contributed by atoms with Crippen LogP contribution in [0, 0.1) is 9.49 Å². The van der Waals surface area contributed by atoms with Gasteiger partial charge in [0.25, 0.3) is 5.91 Å². The van der Waals surface area contributed by atoms with Crippen molar-refractivity contribution in [2.75, 3.05) is 11.5 Å². The smallest absolute Gasteiger partial charge is 0.264 e. The maximum absolute atomic E-state index is 16.3. The summed E-state index contributed by atoms with van der Waals surface area (Å²) in [5, 5.41) is 10.2. The second kappa shape index (κ2) is 11.7. The van der Waals surface area contributed by atoms with Gasteiger partial charge in [-0.25, -0.2) is 0 Å². The van der Waals surface area contributed by atoms with E-state index in [-0.39, 0.29) is 30.9 Å². The fraction of sp³-hybridized carbons (Fsp3) is 0.394. The maximum atomic E-state index is 16.3. The predicted octanol–water partition coefficient (Wildman–Crippen LogP) is 6.71. The van der Waals surface area contributed by atoms with E-state index in [0.29, 0.717) is 25.1 Å². The third kappa shape index (κ3) is 5.41. The lowest BCUT2D eigenvalue weighted by molar-refractivity contribution is -0.151. The van der Waals surface area contributed by atoms with E-state index in [4.69, 9.17) is 4.74 Å². The predicted molar refractivity (Wildman–Crippen MR) is 179 cm³/mol. The highest BCUT2D eigenvalue weighted by atomic mass is 127. The van der Waals surface area contributed by atoms with Crippen LogP contribution >= 0.6 is 38.5 Å². The van der Waals surface area contributed by atoms with Gasteiger partial charge in [-0.15, -0.1) is 0 Å². The van der Waals surface area contributed by atoms with Crippen LogP contribution in [0.25, 0.3) is 0 Å². The molecule has 3 aromatic rings. The van der Waals surface area contributed by atoms with Crippen molar-refractivity contribution in [3.8, 4) is 0 Å². The molecule has 5 atom stereocenters. The molecule has 1 spiro atoms. The highest BCUT2D eigenvalue weighted by molar-refractivity contribution is 14.1. The molecule has 10 heteroatoms. The molecule has 0 unspecified atom stereocenters. The molecule has 3 aliphatic rings. The highest BCUT2D eigenvalue weighted by Crippen LogP contribution is 2.60. The van der Waals surface area contributed by atoms with E-state index in [1.807, 2.05) is 73.7 Å². The zero-order valence-electron chi connectivity index (χ0n) is 24.4. The minimum Gasteiger partial charge on any atom is -0.394 e. The number of amides is 2. The number of benzene rings is 3. The van der Waals surface area contributed by atoms with E-state index in [2.05, 4.69) is 38.5 Å². The molecule has 1 N–H and O–H groups in total. The number of hydrogen-bond donors (Lipinski definition) is 1. The number of fused-ring (bicyclic) bond motifs is 3. The first-order chi connectivity index (χ1) is 20.4. The number of hydrogen-bond acceptors (Lipinski definition) is 4. The molecule has 3 aromatic carbocycles. The van der Waals surface area contributed by atoms with Crippen LogP contribution in [-0.4, -0.2) is 49.0 Å². The third-order valence-corrected chi connectivity index (χ3v) is 13.0. The number of anilines is 1. The molecule has 0 aliphatic carbocycles. The monoisotopic (exact) mass is 776 g/mol. The van der Waals surface area contributed by atoms with Gasteiger partial charge in [0.2, 0.25) is 14.3 Å². The van der Waals surface area contributed by atoms with Gasteiger partial charge in [-0.3, -0.25) is 9.59 Å². The van der Waals surface area contributed by atoms with Crippen molar-refractivity contribution in [2.45, 2.75) is 69.2 Å². The second-order valence-electron chi connectivity index (χ2n) is 12.5. The SMILES string of the molecule is C[C@H]1[C@H]([Si](C)(C)F)[C@@H](CC(=O)N2Cc3ccccc3C[C@H]2CO)O[C@]12C(=O)N(Cc1cccc(I)c1)c1ccc(Br)cc12. The van der Waals surface area contributed by atoms with Crippen molar-refractivity contribution in [3.63, 3.8) is 0 Å². The number of aliphatic hydroxyl groups is 1. The normalized spacial score (nSPS) is 26.6. The average molecular weight is 778 g/mol. The minimum atomic E-state index is -3.44. The van der Waals surface area contributed by atoms with Gasteiger partial charge in [0.05, 0.1) is 37.4 Å². The Labute approximate surface area is 275 Å². The number of halogens is 3. The lowest BCUT2D eigenvalue weighted by atomic mass is 9.82. The van der Waals surface area contributed by atoms with Crippen LogP contribution in [-0.2, 0) is 39.4 Å². The molecule has 0 saturated carbocycles. The fourth-order valence-corrected chi connectivity index (χ4v) is 11.0. The van der Waals surface area contributed by atoms with Gasteiger partial charge in [0, 0.05) is 31.6 Å². The highest BCUT2D eigenvalue weighted by Gasteiger charge is 2.67. The molecule has 226 valence electrons. The van der Waals surface area contributed by atoms with Gasteiger partial charge in [-0.05, 0) is 89.1 Å². The number of aliphatic hydroxyl groups excluding tert-OH is 1. The Morgan fingerprint density at radius 1 is 1.14 bits per heavy atom. The molecule has 0 bridgehead atoms. The molecule has 3 aliphatic heterocycles. The summed E-state index contributed by atoms with van der Waals surface area (Å²) in [6.45, 7) is 5.78. The van der Waals surface area contributed by atoms with Gasteiger partial charge in [-0.2, -0.15) is 0 Å². The van der Waals surface area contributed by atoms with E-state index in [0.717, 1.165) is 30.4 Å². The molecule has 2 amide bonds. The first-order valence-electron chi connectivity index (χ1n) is 14.6. The van der Waals surface area contributed by atoms with Gasteiger partial charge in [0.15, 0.2) is 5.60 Å². The summed E-state index contributed by atoms with van der Waals surface area (Å²) in [6.07, 6.45) is -0.271. The van der Waals surface area contributed by atoms with E-state index >= 15 is 4.11 Å². The van der Waals surface area contributed by atoms with E-state index < -0.39 is 31.6 Å². The van der Waals surface area contributed by atoms with Crippen molar-refractivity contribution < 1.29 is 23.5 Å². The van der Waals surface area contributed by atoms with Crippen LogP contribution in [0.15, 0.2) is 71.2 Å². The van der Waals surface area contributed by atoms with Gasteiger partial charge < -0.3 is 23.8 Å². The van der Waals surface area contributed by atoms with Crippen molar-refractivity contribution >= 4 is 64.4 Å². The van der Waals surface area contributed by atoms with E-state index in [1.54, 1.807) is 22.9 Å². The molecular formula is C33H35BrFIN2O4Si. The van der Waals surface area contributed by atoms with Crippen molar-refractivity contribution in [1.82, 2.24) is 4.90 Å². The Morgan fingerprint density at radius 3 is 2.58 bits per heavy atom. The first-order valence-corrected chi connectivity index (χ1v) is 19.5. The number of nitrogens with zero attached hydrogens (tertiary/aromatic N) is 2. The number of carbonyl (C=O) groups excluding carboxylic acids is 2. The molecular weight excluding hydrogens is 742 g/mol. The zero-order valence-corrected chi connectivity index (χ0v) is 29.1. The summed E-state index contributed by atoms with van der Waals surface area (Å²) in [6, 6.07) is 21.3. The molecule has 1 saturated heterocycles. The van der Waals surface area contributed by atoms with Crippen molar-refractivity contribution in [1.29, 1.82) is 0 Å². The van der Waals surface area contributed by atoms with Gasteiger partial charge in [-0.1, -0.05) is 59.3 Å². The minimum absolute atomic E-state index is 0.0523. The van der Waals surface area contributed by atoms with Crippen LogP contribution in [0.2, 0.25) is 18.6 Å². The molecule has 0 aromatic heterocycles. The molecule has 3 heterocycles. The van der Waals surface area contributed by atoms with Crippen LogP contribution in [0.4, 0.5) is 9.80 Å². The lowest BCUT2D eigenvalue weighted by Gasteiger charge is -2.37. The zero-order chi connectivity index (χ0) is 30.7. The average Bonchev–Trinajstić information content (AvgIpc) is 3.38. The van der Waals surface area contributed by atoms with Crippen molar-refractivity contribution in [3.05, 3.63) is 97.0 Å². The molecule has 6 nitrogen and oxygen atoms in total. The summed E-state index contributed by atoms with van der Waals surface area (Å²) in [7, 11) is -3.44. The summed E-state index contributed by atoms with van der Waals surface area (Å²) < 4.78 is 25.0. The van der Waals surface area contributed by atoms with Crippen LogP contribution in [0.5, 0.6) is 0 Å². The Balaban J connectivity index is 1.36. The summed E-state index contributed by atoms with van der Waals surface area (Å²) in [4.78, 5) is 32.0. The Hall–Kier alpha value is -2.12. The Kier molecular flexibility index (Phi) is 8.38. The van der Waals surface area contributed by atoms with Gasteiger partial charge >= 0.3 is 0 Å².